The fourth-order valence-corrected chi connectivity index (χ4v) is 5.36. The number of ether oxygens (including phenoxy) is 1. The number of rotatable bonds is 10. The van der Waals surface area contributed by atoms with E-state index in [9.17, 15) is 4.79 Å². The lowest BCUT2D eigenvalue weighted by Crippen LogP contribution is -2.18. The van der Waals surface area contributed by atoms with Crippen LogP contribution in [0.2, 0.25) is 0 Å². The zero-order valence-corrected chi connectivity index (χ0v) is 22.8. The molecule has 1 aliphatic rings. The molecule has 36 heavy (non-hydrogen) atoms. The number of aliphatic hydroxyl groups excluding tert-OH is 1. The number of benzene rings is 3. The lowest BCUT2D eigenvalue weighted by Gasteiger charge is -2.28. The zero-order chi connectivity index (χ0) is 25.9. The van der Waals surface area contributed by atoms with Crippen molar-refractivity contribution in [1.29, 1.82) is 0 Å². The van der Waals surface area contributed by atoms with Crippen molar-refractivity contribution in [3.63, 3.8) is 0 Å². The first kappa shape index (κ1) is 27.8. The Morgan fingerprint density at radius 3 is 2.58 bits per heavy atom. The summed E-state index contributed by atoms with van der Waals surface area (Å²) in [5.41, 5.74) is 10.2. The van der Waals surface area contributed by atoms with Crippen molar-refractivity contribution < 1.29 is 14.6 Å². The van der Waals surface area contributed by atoms with Crippen molar-refractivity contribution in [3.05, 3.63) is 82.4 Å². The first-order valence-corrected chi connectivity index (χ1v) is 14.1. The van der Waals surface area contributed by atoms with E-state index < -0.39 is 0 Å². The molecule has 0 fully saturated rings. The van der Waals surface area contributed by atoms with Gasteiger partial charge in [0, 0.05) is 19.2 Å². The molecule has 2 N–H and O–H groups in total. The molecule has 0 saturated carbocycles. The molecule has 0 aliphatic carbocycles. The predicted octanol–water partition coefficient (Wildman–Crippen LogP) is 6.94. The molecular formula is C31H39NO3S. The highest BCUT2D eigenvalue weighted by atomic mass is 32.2. The first-order chi connectivity index (χ1) is 17.6. The molecule has 3 aromatic carbocycles. The number of anilines is 1. The van der Waals surface area contributed by atoms with Crippen molar-refractivity contribution >= 4 is 23.7 Å². The van der Waals surface area contributed by atoms with Gasteiger partial charge >= 0.3 is 0 Å². The molecule has 0 radical (unpaired) electrons. The average Bonchev–Trinajstić information content (AvgIpc) is 2.90. The molecule has 4 rings (SSSR count). The van der Waals surface area contributed by atoms with E-state index in [2.05, 4.69) is 80.0 Å². The van der Waals surface area contributed by atoms with Crippen LogP contribution in [-0.2, 0) is 17.6 Å². The van der Waals surface area contributed by atoms with Gasteiger partial charge in [-0.05, 0) is 115 Å². The van der Waals surface area contributed by atoms with Crippen molar-refractivity contribution in [2.24, 2.45) is 0 Å². The van der Waals surface area contributed by atoms with Crippen LogP contribution >= 0.6 is 11.8 Å². The molecular weight excluding hydrogens is 466 g/mol. The molecule has 0 saturated heterocycles. The Balaban J connectivity index is 0.00000176. The topological polar surface area (TPSA) is 58.6 Å². The maximum Gasteiger partial charge on any atom is 0.120 e. The summed E-state index contributed by atoms with van der Waals surface area (Å²) in [5.74, 6) is 2.10. The lowest BCUT2D eigenvalue weighted by molar-refractivity contribution is -0.107. The lowest BCUT2D eigenvalue weighted by atomic mass is 9.89. The minimum atomic E-state index is 0.299. The normalized spacial score (nSPS) is 14.2. The van der Waals surface area contributed by atoms with Gasteiger partial charge in [0.2, 0.25) is 0 Å². The Hall–Kier alpha value is -2.76. The first-order valence-electron chi connectivity index (χ1n) is 12.7. The van der Waals surface area contributed by atoms with E-state index in [1.54, 1.807) is 0 Å². The number of thioether (sulfide) groups is 1. The standard InChI is InChI=1S/C30H35NO2S.CH4O/c1-21-17-27(33-15-6-16-34-3)18-22(2)30(21)26-9-4-8-24(20-26)29-13-11-25-19-23(7-5-14-32)10-12-28(25)31-29;1-2/h4,8-10,12,14,17-20,29,31H,5-7,11,13,15-16H2,1-3H3;2H,1H3. The molecule has 1 aliphatic heterocycles. The molecule has 1 atom stereocenters. The smallest absolute Gasteiger partial charge is 0.120 e. The highest BCUT2D eigenvalue weighted by Crippen LogP contribution is 2.36. The summed E-state index contributed by atoms with van der Waals surface area (Å²) in [6, 6.07) is 20.2. The van der Waals surface area contributed by atoms with Crippen molar-refractivity contribution in [2.75, 3.05) is 31.0 Å². The van der Waals surface area contributed by atoms with Gasteiger partial charge in [-0.25, -0.2) is 0 Å². The van der Waals surface area contributed by atoms with Crippen molar-refractivity contribution in [3.8, 4) is 16.9 Å². The summed E-state index contributed by atoms with van der Waals surface area (Å²) in [6.45, 7) is 5.13. The van der Waals surface area contributed by atoms with Gasteiger partial charge in [0.25, 0.3) is 0 Å². The number of aldehydes is 1. The second kappa shape index (κ2) is 14.1. The van der Waals surface area contributed by atoms with Crippen LogP contribution in [0.15, 0.2) is 54.6 Å². The summed E-state index contributed by atoms with van der Waals surface area (Å²) in [7, 11) is 1.00. The van der Waals surface area contributed by atoms with E-state index in [1.807, 2.05) is 11.8 Å². The summed E-state index contributed by atoms with van der Waals surface area (Å²) >= 11 is 1.86. The summed E-state index contributed by atoms with van der Waals surface area (Å²) < 4.78 is 6.00. The van der Waals surface area contributed by atoms with Crippen LogP contribution in [0.3, 0.4) is 0 Å². The zero-order valence-electron chi connectivity index (χ0n) is 22.0. The Morgan fingerprint density at radius 2 is 1.86 bits per heavy atom. The maximum atomic E-state index is 10.7. The molecule has 192 valence electrons. The summed E-state index contributed by atoms with van der Waals surface area (Å²) in [6.07, 6.45) is 7.72. The highest BCUT2D eigenvalue weighted by Gasteiger charge is 2.20. The number of carbonyl (C=O) groups is 1. The average molecular weight is 506 g/mol. The third kappa shape index (κ3) is 7.14. The van der Waals surface area contributed by atoms with Crippen LogP contribution in [0.25, 0.3) is 11.1 Å². The van der Waals surface area contributed by atoms with Crippen molar-refractivity contribution in [2.45, 2.75) is 52.0 Å². The van der Waals surface area contributed by atoms with Gasteiger partial charge in [0.15, 0.2) is 0 Å². The molecule has 3 aromatic rings. The Kier molecular flexibility index (Phi) is 10.9. The van der Waals surface area contributed by atoms with Crippen LogP contribution in [0.1, 0.15) is 53.1 Å². The number of nitrogens with one attached hydrogen (secondary N) is 1. The molecule has 0 spiro atoms. The minimum absolute atomic E-state index is 0.299. The van der Waals surface area contributed by atoms with Gasteiger partial charge in [-0.2, -0.15) is 11.8 Å². The van der Waals surface area contributed by atoms with Crippen LogP contribution in [-0.4, -0.2) is 37.1 Å². The van der Waals surface area contributed by atoms with Gasteiger partial charge in [-0.15, -0.1) is 0 Å². The van der Waals surface area contributed by atoms with Crippen LogP contribution in [0.4, 0.5) is 5.69 Å². The van der Waals surface area contributed by atoms with E-state index in [1.165, 1.54) is 44.6 Å². The SMILES string of the molecule is CO.CSCCCOc1cc(C)c(-c2cccc(C3CCc4cc(CCC=O)ccc4N3)c2)c(C)c1. The predicted molar refractivity (Wildman–Crippen MR) is 154 cm³/mol. The highest BCUT2D eigenvalue weighted by molar-refractivity contribution is 7.98. The number of hydrogen-bond donors (Lipinski definition) is 2. The van der Waals surface area contributed by atoms with Crippen LogP contribution in [0.5, 0.6) is 5.75 Å². The maximum absolute atomic E-state index is 10.7. The monoisotopic (exact) mass is 505 g/mol. The summed E-state index contributed by atoms with van der Waals surface area (Å²) in [4.78, 5) is 10.7. The summed E-state index contributed by atoms with van der Waals surface area (Å²) in [5, 5.41) is 10.8. The Labute approximate surface area is 220 Å². The van der Waals surface area contributed by atoms with Crippen LogP contribution in [0, 0.1) is 13.8 Å². The fraction of sp³-hybridized carbons (Fsp3) is 0.387. The molecule has 4 nitrogen and oxygen atoms in total. The second-order valence-electron chi connectivity index (χ2n) is 9.18. The van der Waals surface area contributed by atoms with E-state index in [-0.39, 0.29) is 0 Å². The number of fused-ring (bicyclic) bond motifs is 1. The molecule has 1 unspecified atom stereocenters. The van der Waals surface area contributed by atoms with E-state index in [4.69, 9.17) is 9.84 Å². The quantitative estimate of drug-likeness (QED) is 0.231. The number of aryl methyl sites for hydroxylation is 4. The van der Waals surface area contributed by atoms with Gasteiger partial charge in [0.05, 0.1) is 12.6 Å². The van der Waals surface area contributed by atoms with Crippen LogP contribution < -0.4 is 10.1 Å². The number of carbonyl (C=O) groups excluding carboxylic acids is 1. The van der Waals surface area contributed by atoms with E-state index >= 15 is 0 Å². The molecule has 0 aromatic heterocycles. The second-order valence-corrected chi connectivity index (χ2v) is 10.2. The fourth-order valence-electron chi connectivity index (χ4n) is 4.95. The van der Waals surface area contributed by atoms with Gasteiger partial charge in [-0.3, -0.25) is 0 Å². The third-order valence-corrected chi connectivity index (χ3v) is 7.29. The van der Waals surface area contributed by atoms with Gasteiger partial charge in [-0.1, -0.05) is 30.3 Å². The van der Waals surface area contributed by atoms with Gasteiger partial charge in [0.1, 0.15) is 12.0 Å². The molecule has 5 heteroatoms. The third-order valence-electron chi connectivity index (χ3n) is 6.60. The Bertz CT molecular complexity index is 1120. The largest absolute Gasteiger partial charge is 0.494 e. The Morgan fingerprint density at radius 1 is 1.08 bits per heavy atom. The number of aliphatic hydroxyl groups is 1. The van der Waals surface area contributed by atoms with E-state index in [0.717, 1.165) is 57.2 Å². The number of hydrogen-bond acceptors (Lipinski definition) is 5. The van der Waals surface area contributed by atoms with E-state index in [0.29, 0.717) is 12.5 Å². The minimum Gasteiger partial charge on any atom is -0.494 e. The molecule has 1 heterocycles. The molecule has 0 amide bonds. The van der Waals surface area contributed by atoms with Gasteiger partial charge < -0.3 is 20.0 Å². The molecule has 0 bridgehead atoms. The van der Waals surface area contributed by atoms with Crippen molar-refractivity contribution in [1.82, 2.24) is 0 Å².